The van der Waals surface area contributed by atoms with E-state index in [1.807, 2.05) is 49.6 Å². The molecule has 1 N–H and O–H groups in total. The molecule has 4 rings (SSSR count). The Kier molecular flexibility index (Phi) is 5.13. The van der Waals surface area contributed by atoms with Gasteiger partial charge in [-0.3, -0.25) is 0 Å². The summed E-state index contributed by atoms with van der Waals surface area (Å²) in [6, 6.07) is 7.06. The van der Waals surface area contributed by atoms with Crippen molar-refractivity contribution in [3.8, 4) is 0 Å². The number of aliphatic hydroxyl groups excluding tert-OH is 1. The van der Waals surface area contributed by atoms with Gasteiger partial charge in [0.2, 0.25) is 0 Å². The molecule has 1 fully saturated rings. The maximum atomic E-state index is 12.6. The summed E-state index contributed by atoms with van der Waals surface area (Å²) in [5, 5.41) is 13.7. The molecule has 1 aromatic carbocycles. The van der Waals surface area contributed by atoms with Gasteiger partial charge in [-0.05, 0) is 51.5 Å². The van der Waals surface area contributed by atoms with Crippen molar-refractivity contribution in [1.82, 2.24) is 14.5 Å². The SMILES string of the molecule is CC(C)(C)OC(=O)N1CC[C@@H](O)C(n2c3ccc(Cl)cc3c3cc(Cl)cnc32)C1. The number of benzene rings is 1. The van der Waals surface area contributed by atoms with Gasteiger partial charge in [0.15, 0.2) is 0 Å². The number of amides is 1. The van der Waals surface area contributed by atoms with Crippen molar-refractivity contribution in [1.29, 1.82) is 0 Å². The number of hydrogen-bond acceptors (Lipinski definition) is 4. The fraction of sp³-hybridized carbons (Fsp3) is 0.429. The van der Waals surface area contributed by atoms with E-state index in [1.165, 1.54) is 0 Å². The van der Waals surface area contributed by atoms with Gasteiger partial charge in [0, 0.05) is 35.1 Å². The summed E-state index contributed by atoms with van der Waals surface area (Å²) >= 11 is 12.4. The zero-order chi connectivity index (χ0) is 20.9. The second-order valence-corrected chi connectivity index (χ2v) is 9.28. The van der Waals surface area contributed by atoms with Crippen LogP contribution in [0.25, 0.3) is 21.9 Å². The number of pyridine rings is 1. The summed E-state index contributed by atoms with van der Waals surface area (Å²) in [6.07, 6.45) is 1.03. The van der Waals surface area contributed by atoms with Crippen LogP contribution in [0.15, 0.2) is 30.5 Å². The van der Waals surface area contributed by atoms with Gasteiger partial charge >= 0.3 is 6.09 Å². The molecule has 1 saturated heterocycles. The lowest BCUT2D eigenvalue weighted by atomic mass is 10.0. The second kappa shape index (κ2) is 7.35. The first-order valence-corrected chi connectivity index (χ1v) is 10.3. The van der Waals surface area contributed by atoms with Gasteiger partial charge in [-0.1, -0.05) is 23.2 Å². The Bertz CT molecular complexity index is 1030. The van der Waals surface area contributed by atoms with Crippen LogP contribution in [0.1, 0.15) is 33.2 Å². The quantitative estimate of drug-likeness (QED) is 0.581. The van der Waals surface area contributed by atoms with E-state index < -0.39 is 11.7 Å². The van der Waals surface area contributed by atoms with Crippen LogP contribution >= 0.6 is 23.2 Å². The number of likely N-dealkylation sites (tertiary alicyclic amines) is 1. The highest BCUT2D eigenvalue weighted by atomic mass is 35.5. The zero-order valence-corrected chi connectivity index (χ0v) is 18.0. The predicted octanol–water partition coefficient (Wildman–Crippen LogP) is 5.04. The van der Waals surface area contributed by atoms with Crippen molar-refractivity contribution in [3.63, 3.8) is 0 Å². The molecule has 3 heterocycles. The highest BCUT2D eigenvalue weighted by molar-refractivity contribution is 6.33. The number of carbonyl (C=O) groups is 1. The normalized spacial score (nSPS) is 20.4. The summed E-state index contributed by atoms with van der Waals surface area (Å²) < 4.78 is 7.51. The molecule has 1 aliphatic rings. The van der Waals surface area contributed by atoms with Crippen LogP contribution in [0.3, 0.4) is 0 Å². The molecule has 0 saturated carbocycles. The van der Waals surface area contributed by atoms with Gasteiger partial charge in [0.05, 0.1) is 22.7 Å². The average Bonchev–Trinajstić information content (AvgIpc) is 2.93. The van der Waals surface area contributed by atoms with Crippen LogP contribution in [0, 0.1) is 0 Å². The first kappa shape index (κ1) is 20.3. The summed E-state index contributed by atoms with van der Waals surface area (Å²) in [5.74, 6) is 0. The van der Waals surface area contributed by atoms with Gasteiger partial charge in [-0.15, -0.1) is 0 Å². The third-order valence-electron chi connectivity index (χ3n) is 5.10. The Morgan fingerprint density at radius 2 is 1.93 bits per heavy atom. The molecule has 2 atom stereocenters. The topological polar surface area (TPSA) is 67.6 Å². The zero-order valence-electron chi connectivity index (χ0n) is 16.5. The first-order chi connectivity index (χ1) is 13.6. The number of aromatic nitrogens is 2. The number of nitrogens with zero attached hydrogens (tertiary/aromatic N) is 3. The minimum absolute atomic E-state index is 0.321. The van der Waals surface area contributed by atoms with Gasteiger partial charge < -0.3 is 19.3 Å². The van der Waals surface area contributed by atoms with Crippen molar-refractivity contribution >= 4 is 51.2 Å². The van der Waals surface area contributed by atoms with Crippen LogP contribution in [-0.2, 0) is 4.74 Å². The van der Waals surface area contributed by atoms with Gasteiger partial charge in [-0.25, -0.2) is 9.78 Å². The number of rotatable bonds is 1. The number of piperidine rings is 1. The lowest BCUT2D eigenvalue weighted by molar-refractivity contribution is -0.00424. The number of halogens is 2. The van der Waals surface area contributed by atoms with E-state index in [9.17, 15) is 9.90 Å². The molecule has 154 valence electrons. The minimum Gasteiger partial charge on any atom is -0.444 e. The lowest BCUT2D eigenvalue weighted by Gasteiger charge is -2.38. The number of hydrogen-bond donors (Lipinski definition) is 1. The fourth-order valence-electron chi connectivity index (χ4n) is 3.87. The third kappa shape index (κ3) is 3.89. The summed E-state index contributed by atoms with van der Waals surface area (Å²) in [7, 11) is 0. The second-order valence-electron chi connectivity index (χ2n) is 8.41. The first-order valence-electron chi connectivity index (χ1n) is 9.55. The van der Waals surface area contributed by atoms with Gasteiger partial charge in [-0.2, -0.15) is 0 Å². The highest BCUT2D eigenvalue weighted by Crippen LogP contribution is 2.36. The standard InChI is InChI=1S/C21H23Cl2N3O3/c1-21(2,3)29-20(28)25-7-6-18(27)17(11-25)26-16-5-4-12(22)8-14(16)15-9-13(23)10-24-19(15)26/h4-5,8-10,17-18,27H,6-7,11H2,1-3H3/t17?,18-/m1/s1. The molecule has 2 aromatic heterocycles. The smallest absolute Gasteiger partial charge is 0.410 e. The average molecular weight is 436 g/mol. The van der Waals surface area contributed by atoms with E-state index in [1.54, 1.807) is 11.1 Å². The van der Waals surface area contributed by atoms with Crippen LogP contribution in [0.4, 0.5) is 4.79 Å². The molecule has 1 aliphatic heterocycles. The largest absolute Gasteiger partial charge is 0.444 e. The summed E-state index contributed by atoms with van der Waals surface area (Å²) in [5.41, 5.74) is 1.00. The van der Waals surface area contributed by atoms with Crippen LogP contribution in [0.2, 0.25) is 10.0 Å². The highest BCUT2D eigenvalue weighted by Gasteiger charge is 2.35. The molecule has 0 radical (unpaired) electrons. The molecule has 0 spiro atoms. The molecule has 6 nitrogen and oxygen atoms in total. The van der Waals surface area contributed by atoms with E-state index >= 15 is 0 Å². The molecule has 1 unspecified atom stereocenters. The maximum Gasteiger partial charge on any atom is 0.410 e. The van der Waals surface area contributed by atoms with Crippen LogP contribution in [0.5, 0.6) is 0 Å². The van der Waals surface area contributed by atoms with Gasteiger partial charge in [0.1, 0.15) is 11.2 Å². The minimum atomic E-state index is -0.624. The van der Waals surface area contributed by atoms with E-state index in [2.05, 4.69) is 4.98 Å². The van der Waals surface area contributed by atoms with E-state index in [-0.39, 0.29) is 12.1 Å². The van der Waals surface area contributed by atoms with E-state index in [0.717, 1.165) is 16.3 Å². The third-order valence-corrected chi connectivity index (χ3v) is 5.54. The van der Waals surface area contributed by atoms with E-state index in [4.69, 9.17) is 27.9 Å². The Hall–Kier alpha value is -2.02. The molecule has 1 amide bonds. The number of aliphatic hydroxyl groups is 1. The Morgan fingerprint density at radius 1 is 1.21 bits per heavy atom. The van der Waals surface area contributed by atoms with Crippen LogP contribution < -0.4 is 0 Å². The monoisotopic (exact) mass is 435 g/mol. The number of carbonyl (C=O) groups excluding carboxylic acids is 1. The molecule has 29 heavy (non-hydrogen) atoms. The molecule has 3 aromatic rings. The molecule has 0 bridgehead atoms. The molecule has 8 heteroatoms. The van der Waals surface area contributed by atoms with Crippen molar-refractivity contribution < 1.29 is 14.6 Å². The number of fused-ring (bicyclic) bond motifs is 3. The number of ether oxygens (including phenoxy) is 1. The van der Waals surface area contributed by atoms with E-state index in [0.29, 0.717) is 35.2 Å². The van der Waals surface area contributed by atoms with Gasteiger partial charge in [0.25, 0.3) is 0 Å². The van der Waals surface area contributed by atoms with Crippen molar-refractivity contribution in [2.75, 3.05) is 13.1 Å². The summed E-state index contributed by atoms with van der Waals surface area (Å²) in [6.45, 7) is 6.28. The fourth-order valence-corrected chi connectivity index (χ4v) is 4.20. The van der Waals surface area contributed by atoms with Crippen molar-refractivity contribution in [2.45, 2.75) is 44.9 Å². The summed E-state index contributed by atoms with van der Waals surface area (Å²) in [4.78, 5) is 18.8. The lowest BCUT2D eigenvalue weighted by Crippen LogP contribution is -2.48. The van der Waals surface area contributed by atoms with Crippen molar-refractivity contribution in [3.05, 3.63) is 40.5 Å². The Labute approximate surface area is 179 Å². The molecular weight excluding hydrogens is 413 g/mol. The predicted molar refractivity (Wildman–Crippen MR) is 115 cm³/mol. The molecular formula is C21H23Cl2N3O3. The maximum absolute atomic E-state index is 12.6. The Balaban J connectivity index is 1.80. The Morgan fingerprint density at radius 3 is 2.66 bits per heavy atom. The molecule has 0 aliphatic carbocycles. The van der Waals surface area contributed by atoms with Crippen LogP contribution in [-0.4, -0.2) is 50.4 Å². The van der Waals surface area contributed by atoms with Crippen molar-refractivity contribution in [2.24, 2.45) is 0 Å².